The topological polar surface area (TPSA) is 307 Å². The Morgan fingerprint density at radius 2 is 0.697 bits per heavy atom. The number of hydrogen-bond donors (Lipinski definition) is 12. The summed E-state index contributed by atoms with van der Waals surface area (Å²) in [4.78, 5) is 13.5. The van der Waals surface area contributed by atoms with E-state index in [1.165, 1.54) is 199 Å². The summed E-state index contributed by atoms with van der Waals surface area (Å²) in [5, 5.41) is 121. The van der Waals surface area contributed by atoms with Gasteiger partial charge in [-0.15, -0.1) is 0 Å². The third kappa shape index (κ3) is 41.1. The second kappa shape index (κ2) is 60.7. The summed E-state index contributed by atoms with van der Waals surface area (Å²) in [6, 6.07) is -0.982. The van der Waals surface area contributed by atoms with Crippen molar-refractivity contribution in [2.24, 2.45) is 0 Å². The number of allylic oxidation sites excluding steroid dienone is 9. The van der Waals surface area contributed by atoms with E-state index in [0.29, 0.717) is 6.42 Å². The van der Waals surface area contributed by atoms with Gasteiger partial charge in [0.25, 0.3) is 0 Å². The molecular weight excluding hydrogens is 1260 g/mol. The van der Waals surface area contributed by atoms with E-state index in [9.17, 15) is 61.0 Å². The van der Waals surface area contributed by atoms with E-state index >= 15 is 0 Å². The first-order chi connectivity index (χ1) is 48.3. The van der Waals surface area contributed by atoms with Crippen molar-refractivity contribution < 1.29 is 89.4 Å². The van der Waals surface area contributed by atoms with Crippen LogP contribution in [0.2, 0.25) is 0 Å². The molecule has 0 aromatic rings. The fraction of sp³-hybridized carbons (Fsp3) is 0.863. The van der Waals surface area contributed by atoms with Gasteiger partial charge < -0.3 is 89.9 Å². The molecule has 0 radical (unpaired) electrons. The van der Waals surface area contributed by atoms with E-state index in [-0.39, 0.29) is 18.9 Å². The van der Waals surface area contributed by atoms with Crippen LogP contribution in [0.5, 0.6) is 0 Å². The van der Waals surface area contributed by atoms with Gasteiger partial charge in [-0.25, -0.2) is 0 Å². The largest absolute Gasteiger partial charge is 0.394 e. The zero-order valence-electron chi connectivity index (χ0n) is 61.7. The quantitative estimate of drug-likeness (QED) is 0.0199. The normalized spacial score (nSPS) is 26.9. The number of carbonyl (C=O) groups is 1. The van der Waals surface area contributed by atoms with Crippen molar-refractivity contribution in [3.63, 3.8) is 0 Å². The molecular formula is C80H145NO18. The Morgan fingerprint density at radius 1 is 0.374 bits per heavy atom. The average molecular weight is 1410 g/mol. The number of aliphatic hydroxyl groups excluding tert-OH is 11. The zero-order valence-corrected chi connectivity index (χ0v) is 61.7. The van der Waals surface area contributed by atoms with Crippen molar-refractivity contribution in [2.45, 2.75) is 413 Å². The molecule has 3 heterocycles. The lowest BCUT2D eigenvalue weighted by Gasteiger charge is -2.48. The monoisotopic (exact) mass is 1410 g/mol. The maximum atomic E-state index is 13.5. The van der Waals surface area contributed by atoms with Crippen molar-refractivity contribution in [3.8, 4) is 0 Å². The molecule has 1 amide bonds. The van der Waals surface area contributed by atoms with Gasteiger partial charge in [-0.2, -0.15) is 0 Å². The molecule has 3 saturated heterocycles. The first-order valence-corrected chi connectivity index (χ1v) is 40.0. The Morgan fingerprint density at radius 3 is 1.09 bits per heavy atom. The van der Waals surface area contributed by atoms with E-state index < -0.39 is 124 Å². The molecule has 99 heavy (non-hydrogen) atoms. The van der Waals surface area contributed by atoms with Gasteiger partial charge in [-0.1, -0.05) is 306 Å². The van der Waals surface area contributed by atoms with Crippen molar-refractivity contribution in [2.75, 3.05) is 26.4 Å². The number of carbonyl (C=O) groups excluding carboxylic acids is 1. The van der Waals surface area contributed by atoms with Gasteiger partial charge in [-0.05, 0) is 57.8 Å². The van der Waals surface area contributed by atoms with Crippen LogP contribution >= 0.6 is 0 Å². The van der Waals surface area contributed by atoms with Crippen molar-refractivity contribution in [1.82, 2.24) is 5.32 Å². The van der Waals surface area contributed by atoms with E-state index in [0.717, 1.165) is 83.5 Å². The summed E-state index contributed by atoms with van der Waals surface area (Å²) in [6.07, 6.45) is 50.7. The Bertz CT molecular complexity index is 2020. The van der Waals surface area contributed by atoms with Crippen LogP contribution in [-0.2, 0) is 33.2 Å². The van der Waals surface area contributed by atoms with Crippen LogP contribution in [-0.4, -0.2) is 193 Å². The van der Waals surface area contributed by atoms with Gasteiger partial charge in [-0.3, -0.25) is 4.79 Å². The van der Waals surface area contributed by atoms with E-state index in [1.807, 2.05) is 6.08 Å². The van der Waals surface area contributed by atoms with Gasteiger partial charge in [0, 0.05) is 6.42 Å². The Balaban J connectivity index is 1.37. The summed E-state index contributed by atoms with van der Waals surface area (Å²) in [6.45, 7) is 1.65. The van der Waals surface area contributed by atoms with E-state index in [1.54, 1.807) is 6.08 Å². The molecule has 3 fully saturated rings. The first-order valence-electron chi connectivity index (χ1n) is 40.0. The van der Waals surface area contributed by atoms with Crippen molar-refractivity contribution >= 4 is 5.91 Å². The third-order valence-electron chi connectivity index (χ3n) is 19.8. The Hall–Kier alpha value is -2.51. The summed E-state index contributed by atoms with van der Waals surface area (Å²) in [7, 11) is 0. The molecule has 0 aliphatic carbocycles. The molecule has 17 atom stereocenters. The molecule has 3 rings (SSSR count). The number of rotatable bonds is 63. The lowest BCUT2D eigenvalue weighted by molar-refractivity contribution is -0.379. The van der Waals surface area contributed by atoms with Crippen LogP contribution in [0.15, 0.2) is 60.8 Å². The molecule has 17 unspecified atom stereocenters. The van der Waals surface area contributed by atoms with E-state index in [4.69, 9.17) is 28.4 Å². The SMILES string of the molecule is CC/C=C\C/C=C\C/C=C\C/C=C\CCCCCCCCCCC(=O)NC(COC1OC(CO)C(OC2OC(CO)C(OC3OC(CO)C(O)C(O)C3O)C(O)C2O)C(O)C1O)C(O)/C=C/CCCCCCCCCCCCCCCCCCCCCCCCCCCCCCCCC. The fourth-order valence-corrected chi connectivity index (χ4v) is 13.4. The molecule has 12 N–H and O–H groups in total. The minimum Gasteiger partial charge on any atom is -0.394 e. The van der Waals surface area contributed by atoms with Gasteiger partial charge in [0.2, 0.25) is 5.91 Å². The molecule has 0 aromatic carbocycles. The molecule has 19 nitrogen and oxygen atoms in total. The lowest BCUT2D eigenvalue weighted by Crippen LogP contribution is -2.66. The Labute approximate surface area is 598 Å². The molecule has 578 valence electrons. The predicted molar refractivity (Wildman–Crippen MR) is 392 cm³/mol. The molecule has 0 bridgehead atoms. The van der Waals surface area contributed by atoms with Crippen LogP contribution in [0.1, 0.15) is 309 Å². The van der Waals surface area contributed by atoms with Crippen molar-refractivity contribution in [3.05, 3.63) is 60.8 Å². The highest BCUT2D eigenvalue weighted by atomic mass is 16.8. The van der Waals surface area contributed by atoms with Crippen LogP contribution in [0.4, 0.5) is 0 Å². The summed E-state index contributed by atoms with van der Waals surface area (Å²) in [5.41, 5.74) is 0. The second-order valence-electron chi connectivity index (χ2n) is 28.5. The first kappa shape index (κ1) is 90.7. The van der Waals surface area contributed by atoms with Crippen LogP contribution < -0.4 is 5.32 Å². The number of aliphatic hydroxyl groups is 11. The van der Waals surface area contributed by atoms with Crippen molar-refractivity contribution in [1.29, 1.82) is 0 Å². The molecule has 3 aliphatic heterocycles. The molecule has 0 aromatic heterocycles. The molecule has 0 spiro atoms. The summed E-state index contributed by atoms with van der Waals surface area (Å²) in [5.74, 6) is -0.282. The maximum Gasteiger partial charge on any atom is 0.220 e. The zero-order chi connectivity index (χ0) is 71.8. The third-order valence-corrected chi connectivity index (χ3v) is 19.8. The minimum absolute atomic E-state index is 0.232. The molecule has 3 aliphatic rings. The predicted octanol–water partition coefficient (Wildman–Crippen LogP) is 13.1. The summed E-state index contributed by atoms with van der Waals surface area (Å²) >= 11 is 0. The number of nitrogens with one attached hydrogen (secondary N) is 1. The standard InChI is InChI=1S/C80H145NO18/c1-3-5-7-9-11-13-15-17-19-21-23-25-26-27-28-29-30-31-32-33-34-35-36-38-39-41-43-45-47-49-51-53-55-57-64(85)63(81-68(86)58-56-54-52-50-48-46-44-42-40-37-24-22-20-18-16-14-12-10-8-6-4-2)62-94-78-74(92)71(89)76(66(60-83)96-78)99-80-75(93)72(90)77(67(61-84)97-80)98-79-73(91)70(88)69(87)65(59-82)95-79/h6,8,12,14,18,20,24,37,55,57,63-67,69-80,82-85,87-93H,3-5,7,9-11,13,15-17,19,21-23,25-36,38-54,56,58-62H2,1-2H3,(H,81,86)/b8-6-,14-12-,20-18-,37-24-,57-55+. The minimum atomic E-state index is -1.98. The van der Waals surface area contributed by atoms with E-state index in [2.05, 4.69) is 67.8 Å². The number of hydrogen-bond acceptors (Lipinski definition) is 18. The smallest absolute Gasteiger partial charge is 0.220 e. The van der Waals surface area contributed by atoms with Crippen LogP contribution in [0.3, 0.4) is 0 Å². The van der Waals surface area contributed by atoms with Crippen LogP contribution in [0.25, 0.3) is 0 Å². The highest BCUT2D eigenvalue weighted by molar-refractivity contribution is 5.76. The second-order valence-corrected chi connectivity index (χ2v) is 28.5. The average Bonchev–Trinajstić information content (AvgIpc) is 0.784. The summed E-state index contributed by atoms with van der Waals surface area (Å²) < 4.78 is 34.4. The number of ether oxygens (including phenoxy) is 6. The number of unbranched alkanes of at least 4 members (excludes halogenated alkanes) is 39. The van der Waals surface area contributed by atoms with Gasteiger partial charge in [0.15, 0.2) is 18.9 Å². The fourth-order valence-electron chi connectivity index (χ4n) is 13.4. The van der Waals surface area contributed by atoms with Gasteiger partial charge in [0.05, 0.1) is 38.6 Å². The Kier molecular flexibility index (Phi) is 55.6. The highest BCUT2D eigenvalue weighted by Crippen LogP contribution is 2.33. The van der Waals surface area contributed by atoms with Gasteiger partial charge in [0.1, 0.15) is 73.2 Å². The molecule has 19 heteroatoms. The molecule has 0 saturated carbocycles. The van der Waals surface area contributed by atoms with Crippen LogP contribution in [0, 0.1) is 0 Å². The lowest BCUT2D eigenvalue weighted by atomic mass is 9.96. The maximum absolute atomic E-state index is 13.5. The van der Waals surface area contributed by atoms with Gasteiger partial charge >= 0.3 is 0 Å². The highest BCUT2D eigenvalue weighted by Gasteiger charge is 2.54. The number of amides is 1.